The maximum absolute atomic E-state index is 11.9. The standard InChI is InChI=1S/C38H42O2/c1-25(2)29-21-23-37(5,39)35(27-15-9-7-10-16-27)33(29)31-19-13-14-20-32(31)34-30(26(3)4)22-24-38(6,40)36(34)28-17-11-8-12-18-28/h7-26,35-36,39-40H,1-6H3. The van der Waals surface area contributed by atoms with Crippen LogP contribution in [0, 0.1) is 11.8 Å². The summed E-state index contributed by atoms with van der Waals surface area (Å²) in [5.41, 5.74) is 7.06. The first-order valence-electron chi connectivity index (χ1n) is 14.5. The SMILES string of the molecule is CC(C)C1=C(c2ccccc2C2=C(C(C)C)C=CC(C)(O)C2c2ccccc2)C(c2ccccc2)C(C)(O)C=C1. The van der Waals surface area contributed by atoms with Crippen LogP contribution in [0.3, 0.4) is 0 Å². The summed E-state index contributed by atoms with van der Waals surface area (Å²) in [5.74, 6) is 0.0456. The highest BCUT2D eigenvalue weighted by Crippen LogP contribution is 2.53. The number of aliphatic hydroxyl groups is 2. The molecule has 5 rings (SSSR count). The van der Waals surface area contributed by atoms with E-state index in [-0.39, 0.29) is 23.7 Å². The molecule has 0 aliphatic heterocycles. The zero-order valence-corrected chi connectivity index (χ0v) is 24.6. The van der Waals surface area contributed by atoms with E-state index in [1.54, 1.807) is 0 Å². The highest BCUT2D eigenvalue weighted by molar-refractivity contribution is 5.90. The molecular formula is C38H42O2. The summed E-state index contributed by atoms with van der Waals surface area (Å²) in [6, 6.07) is 29.4. The second-order valence-corrected chi connectivity index (χ2v) is 12.4. The van der Waals surface area contributed by atoms with E-state index in [9.17, 15) is 10.2 Å². The van der Waals surface area contributed by atoms with E-state index in [4.69, 9.17) is 0 Å². The second kappa shape index (κ2) is 10.8. The van der Waals surface area contributed by atoms with Crippen LogP contribution in [0.25, 0.3) is 11.1 Å². The van der Waals surface area contributed by atoms with E-state index in [0.29, 0.717) is 0 Å². The molecule has 4 atom stereocenters. The van der Waals surface area contributed by atoms with E-state index in [2.05, 4.69) is 113 Å². The number of hydrogen-bond donors (Lipinski definition) is 2. The Labute approximate surface area is 240 Å². The van der Waals surface area contributed by atoms with E-state index >= 15 is 0 Å². The minimum Gasteiger partial charge on any atom is -0.385 e. The summed E-state index contributed by atoms with van der Waals surface area (Å²) in [4.78, 5) is 0. The van der Waals surface area contributed by atoms with Crippen molar-refractivity contribution in [2.45, 2.75) is 64.6 Å². The Morgan fingerprint density at radius 1 is 0.525 bits per heavy atom. The van der Waals surface area contributed by atoms with Gasteiger partial charge >= 0.3 is 0 Å². The van der Waals surface area contributed by atoms with Crippen molar-refractivity contribution in [3.8, 4) is 0 Å². The molecule has 40 heavy (non-hydrogen) atoms. The largest absolute Gasteiger partial charge is 0.385 e. The molecule has 4 unspecified atom stereocenters. The molecule has 0 bridgehead atoms. The number of rotatable bonds is 6. The second-order valence-electron chi connectivity index (χ2n) is 12.4. The van der Waals surface area contributed by atoms with Crippen LogP contribution in [0.15, 0.2) is 120 Å². The summed E-state index contributed by atoms with van der Waals surface area (Å²) < 4.78 is 0. The molecule has 2 nitrogen and oxygen atoms in total. The van der Waals surface area contributed by atoms with E-state index in [1.165, 1.54) is 11.1 Å². The van der Waals surface area contributed by atoms with E-state index < -0.39 is 11.2 Å². The molecule has 2 heteroatoms. The highest BCUT2D eigenvalue weighted by atomic mass is 16.3. The van der Waals surface area contributed by atoms with Crippen LogP contribution in [-0.2, 0) is 0 Å². The Morgan fingerprint density at radius 2 is 0.850 bits per heavy atom. The molecular weight excluding hydrogens is 488 g/mol. The average molecular weight is 531 g/mol. The molecule has 3 aromatic rings. The van der Waals surface area contributed by atoms with Crippen molar-refractivity contribution >= 4 is 11.1 Å². The smallest absolute Gasteiger partial charge is 0.0911 e. The topological polar surface area (TPSA) is 40.5 Å². The van der Waals surface area contributed by atoms with Crippen LogP contribution in [0.2, 0.25) is 0 Å². The van der Waals surface area contributed by atoms with Gasteiger partial charge in [0, 0.05) is 11.8 Å². The molecule has 2 N–H and O–H groups in total. The maximum atomic E-state index is 11.9. The molecule has 0 spiro atoms. The molecule has 0 saturated heterocycles. The number of hydrogen-bond acceptors (Lipinski definition) is 2. The molecule has 0 radical (unpaired) electrons. The molecule has 0 saturated carbocycles. The number of benzene rings is 3. The minimum atomic E-state index is -1.06. The first-order chi connectivity index (χ1) is 19.0. The van der Waals surface area contributed by atoms with Gasteiger partial charge < -0.3 is 10.2 Å². The van der Waals surface area contributed by atoms with Gasteiger partial charge in [0.05, 0.1) is 11.2 Å². The van der Waals surface area contributed by atoms with Crippen molar-refractivity contribution in [2.24, 2.45) is 11.8 Å². The predicted octanol–water partition coefficient (Wildman–Crippen LogP) is 8.72. The van der Waals surface area contributed by atoms with E-state index in [1.807, 2.05) is 38.1 Å². The number of allylic oxidation sites excluding steroid dienone is 4. The molecule has 0 amide bonds. The molecule has 0 heterocycles. The molecule has 0 aromatic heterocycles. The summed E-state index contributed by atoms with van der Waals surface area (Å²) in [7, 11) is 0. The predicted molar refractivity (Wildman–Crippen MR) is 168 cm³/mol. The van der Waals surface area contributed by atoms with Crippen molar-refractivity contribution in [3.05, 3.63) is 143 Å². The zero-order valence-electron chi connectivity index (χ0n) is 24.6. The van der Waals surface area contributed by atoms with Crippen LogP contribution in [-0.4, -0.2) is 21.4 Å². The van der Waals surface area contributed by atoms with Gasteiger partial charge in [-0.1, -0.05) is 137 Å². The molecule has 206 valence electrons. The van der Waals surface area contributed by atoms with Gasteiger partial charge in [0.25, 0.3) is 0 Å². The van der Waals surface area contributed by atoms with E-state index in [0.717, 1.165) is 33.4 Å². The normalized spacial score (nSPS) is 26.8. The van der Waals surface area contributed by atoms with Gasteiger partial charge in [-0.3, -0.25) is 0 Å². The average Bonchev–Trinajstić information content (AvgIpc) is 2.92. The lowest BCUT2D eigenvalue weighted by molar-refractivity contribution is 0.0961. The maximum Gasteiger partial charge on any atom is 0.0911 e. The highest BCUT2D eigenvalue weighted by Gasteiger charge is 2.42. The monoisotopic (exact) mass is 530 g/mol. The molecule has 0 fully saturated rings. The molecule has 2 aliphatic rings. The Morgan fingerprint density at radius 3 is 1.18 bits per heavy atom. The van der Waals surface area contributed by atoms with Crippen LogP contribution < -0.4 is 0 Å². The Kier molecular flexibility index (Phi) is 7.61. The lowest BCUT2D eigenvalue weighted by Crippen LogP contribution is -2.36. The van der Waals surface area contributed by atoms with Gasteiger partial charge in [0.2, 0.25) is 0 Å². The lowest BCUT2D eigenvalue weighted by Gasteiger charge is -2.41. The quantitative estimate of drug-likeness (QED) is 0.335. The van der Waals surface area contributed by atoms with Crippen molar-refractivity contribution in [1.82, 2.24) is 0 Å². The van der Waals surface area contributed by atoms with Crippen molar-refractivity contribution in [3.63, 3.8) is 0 Å². The lowest BCUT2D eigenvalue weighted by atomic mass is 9.65. The van der Waals surface area contributed by atoms with Crippen molar-refractivity contribution < 1.29 is 10.2 Å². The van der Waals surface area contributed by atoms with Crippen molar-refractivity contribution in [2.75, 3.05) is 0 Å². The van der Waals surface area contributed by atoms with Gasteiger partial charge in [-0.25, -0.2) is 0 Å². The Balaban J connectivity index is 1.85. The molecule has 2 aliphatic carbocycles. The first kappa shape index (κ1) is 28.1. The fourth-order valence-electron chi connectivity index (χ4n) is 6.69. The van der Waals surface area contributed by atoms with Gasteiger partial charge in [0.15, 0.2) is 0 Å². The first-order valence-corrected chi connectivity index (χ1v) is 14.5. The molecule has 3 aromatic carbocycles. The van der Waals surface area contributed by atoms with Crippen LogP contribution in [0.4, 0.5) is 0 Å². The third-order valence-electron chi connectivity index (χ3n) is 8.59. The summed E-state index contributed by atoms with van der Waals surface area (Å²) in [6.45, 7) is 12.7. The van der Waals surface area contributed by atoms with Gasteiger partial charge in [-0.05, 0) is 70.2 Å². The Hall–Kier alpha value is -3.46. The van der Waals surface area contributed by atoms with Crippen molar-refractivity contribution in [1.29, 1.82) is 0 Å². The summed E-state index contributed by atoms with van der Waals surface area (Å²) in [5, 5.41) is 23.8. The van der Waals surface area contributed by atoms with Crippen LogP contribution >= 0.6 is 0 Å². The van der Waals surface area contributed by atoms with Crippen LogP contribution in [0.5, 0.6) is 0 Å². The fourth-order valence-corrected chi connectivity index (χ4v) is 6.69. The fraction of sp³-hybridized carbons (Fsp3) is 0.316. The summed E-state index contributed by atoms with van der Waals surface area (Å²) >= 11 is 0. The van der Waals surface area contributed by atoms with Crippen LogP contribution in [0.1, 0.15) is 75.6 Å². The zero-order chi connectivity index (χ0) is 28.7. The third kappa shape index (κ3) is 5.07. The Bertz CT molecular complexity index is 1370. The van der Waals surface area contributed by atoms with Gasteiger partial charge in [0.1, 0.15) is 0 Å². The third-order valence-corrected chi connectivity index (χ3v) is 8.59. The summed E-state index contributed by atoms with van der Waals surface area (Å²) in [6.07, 6.45) is 8.18. The minimum absolute atomic E-state index is 0.241. The van der Waals surface area contributed by atoms with Gasteiger partial charge in [-0.2, -0.15) is 0 Å². The van der Waals surface area contributed by atoms with Gasteiger partial charge in [-0.15, -0.1) is 0 Å².